The topological polar surface area (TPSA) is 68.7 Å². The third-order valence-electron chi connectivity index (χ3n) is 5.91. The number of benzene rings is 1. The minimum absolute atomic E-state index is 0.103. The summed E-state index contributed by atoms with van der Waals surface area (Å²) in [6.45, 7) is 3.70. The Kier molecular flexibility index (Phi) is 5.88. The summed E-state index contributed by atoms with van der Waals surface area (Å²) in [6, 6.07) is 7.78. The van der Waals surface area contributed by atoms with E-state index in [2.05, 4.69) is 4.98 Å². The van der Waals surface area contributed by atoms with Gasteiger partial charge in [0.2, 0.25) is 11.8 Å². The number of thiophene rings is 1. The smallest absolute Gasteiger partial charge is 0.230 e. The highest BCUT2D eigenvalue weighted by atomic mass is 35.5. The van der Waals surface area contributed by atoms with Crippen molar-refractivity contribution in [2.24, 2.45) is 0 Å². The number of rotatable bonds is 5. The Morgan fingerprint density at radius 1 is 1.16 bits per heavy atom. The number of nitrogens with zero attached hydrogens (tertiary/aromatic N) is 2. The van der Waals surface area contributed by atoms with E-state index in [0.717, 1.165) is 50.4 Å². The fourth-order valence-corrected chi connectivity index (χ4v) is 5.68. The summed E-state index contributed by atoms with van der Waals surface area (Å²) in [4.78, 5) is 30.9. The number of aryl methyl sites for hydroxylation is 1. The van der Waals surface area contributed by atoms with Crippen molar-refractivity contribution in [3.8, 4) is 16.9 Å². The molecule has 0 N–H and O–H groups in total. The maximum atomic E-state index is 12.1. The van der Waals surface area contributed by atoms with Crippen LogP contribution in [0.2, 0.25) is 5.02 Å². The van der Waals surface area contributed by atoms with Crippen LogP contribution in [-0.4, -0.2) is 41.0 Å². The Bertz CT molecular complexity index is 1190. The first kappa shape index (κ1) is 21.4. The Morgan fingerprint density at radius 3 is 2.66 bits per heavy atom. The Hall–Kier alpha value is -2.48. The largest absolute Gasteiger partial charge is 0.489 e. The molecule has 1 aromatic carbocycles. The number of likely N-dealkylation sites (tertiary alicyclic amines) is 1. The van der Waals surface area contributed by atoms with Crippen molar-refractivity contribution in [1.29, 1.82) is 0 Å². The number of hydrogen-bond donors (Lipinski definition) is 0. The zero-order valence-corrected chi connectivity index (χ0v) is 19.3. The van der Waals surface area contributed by atoms with E-state index in [1.165, 1.54) is 4.90 Å². The van der Waals surface area contributed by atoms with Gasteiger partial charge in [0.1, 0.15) is 11.9 Å². The molecule has 2 aromatic heterocycles. The van der Waals surface area contributed by atoms with Crippen molar-refractivity contribution in [3.05, 3.63) is 45.9 Å². The molecule has 32 heavy (non-hydrogen) atoms. The third-order valence-corrected chi connectivity index (χ3v) is 7.27. The standard InChI is InChI=1S/C24H23ClN2O4S/c1-14-10-15(25)11-19(23(14)31-16-5-8-30-9-6-16)18-4-7-26-20-12-17(32-24(18)20)13-27-21(28)2-3-22(27)29/h4,7,10-12,16H,2-3,5-6,8-9,13H2,1H3. The minimum atomic E-state index is -0.113. The molecule has 2 fully saturated rings. The van der Waals surface area contributed by atoms with E-state index in [1.807, 2.05) is 31.2 Å². The number of halogens is 1. The van der Waals surface area contributed by atoms with Crippen LogP contribution in [0.3, 0.4) is 0 Å². The van der Waals surface area contributed by atoms with E-state index in [9.17, 15) is 9.59 Å². The second-order valence-corrected chi connectivity index (χ2v) is 9.76. The van der Waals surface area contributed by atoms with Gasteiger partial charge < -0.3 is 9.47 Å². The zero-order chi connectivity index (χ0) is 22.2. The molecular weight excluding hydrogens is 448 g/mol. The first-order chi connectivity index (χ1) is 15.5. The summed E-state index contributed by atoms with van der Waals surface area (Å²) in [7, 11) is 0. The highest BCUT2D eigenvalue weighted by Gasteiger charge is 2.29. The molecule has 2 saturated heterocycles. The van der Waals surface area contributed by atoms with Crippen LogP contribution in [0, 0.1) is 6.92 Å². The number of aromatic nitrogens is 1. The zero-order valence-electron chi connectivity index (χ0n) is 17.7. The highest BCUT2D eigenvalue weighted by Crippen LogP contribution is 2.42. The predicted octanol–water partition coefficient (Wildman–Crippen LogP) is 5.13. The summed E-state index contributed by atoms with van der Waals surface area (Å²) in [5.41, 5.74) is 3.72. The second-order valence-electron chi connectivity index (χ2n) is 8.19. The van der Waals surface area contributed by atoms with Crippen molar-refractivity contribution in [2.45, 2.75) is 45.3 Å². The molecule has 0 unspecified atom stereocenters. The van der Waals surface area contributed by atoms with Crippen LogP contribution < -0.4 is 4.74 Å². The van der Waals surface area contributed by atoms with Gasteiger partial charge in [0.05, 0.1) is 30.0 Å². The Balaban J connectivity index is 1.55. The van der Waals surface area contributed by atoms with E-state index in [-0.39, 0.29) is 24.5 Å². The number of amides is 2. The lowest BCUT2D eigenvalue weighted by Gasteiger charge is -2.26. The van der Waals surface area contributed by atoms with E-state index >= 15 is 0 Å². The van der Waals surface area contributed by atoms with Gasteiger partial charge in [0.25, 0.3) is 0 Å². The second kappa shape index (κ2) is 8.81. The predicted molar refractivity (Wildman–Crippen MR) is 124 cm³/mol. The molecule has 3 aromatic rings. The monoisotopic (exact) mass is 470 g/mol. The quantitative estimate of drug-likeness (QED) is 0.483. The van der Waals surface area contributed by atoms with Gasteiger partial charge in [-0.2, -0.15) is 0 Å². The van der Waals surface area contributed by atoms with E-state index < -0.39 is 0 Å². The molecule has 2 amide bonds. The highest BCUT2D eigenvalue weighted by molar-refractivity contribution is 7.19. The average molecular weight is 471 g/mol. The van der Waals surface area contributed by atoms with Gasteiger partial charge in [0.15, 0.2) is 0 Å². The molecule has 4 heterocycles. The van der Waals surface area contributed by atoms with E-state index in [4.69, 9.17) is 21.1 Å². The van der Waals surface area contributed by atoms with Crippen LogP contribution >= 0.6 is 22.9 Å². The molecule has 0 bridgehead atoms. The molecule has 2 aliphatic rings. The lowest BCUT2D eigenvalue weighted by molar-refractivity contribution is -0.138. The average Bonchev–Trinajstić information content (AvgIpc) is 3.34. The molecule has 0 aliphatic carbocycles. The number of hydrogen-bond acceptors (Lipinski definition) is 6. The normalized spacial score (nSPS) is 17.5. The van der Waals surface area contributed by atoms with Crippen molar-refractivity contribution in [3.63, 3.8) is 0 Å². The minimum Gasteiger partial charge on any atom is -0.489 e. The van der Waals surface area contributed by atoms with Gasteiger partial charge in [-0.1, -0.05) is 11.6 Å². The van der Waals surface area contributed by atoms with Gasteiger partial charge in [0, 0.05) is 52.9 Å². The van der Waals surface area contributed by atoms with Gasteiger partial charge in [-0.15, -0.1) is 11.3 Å². The summed E-state index contributed by atoms with van der Waals surface area (Å²) in [5.74, 6) is 0.602. The molecule has 0 saturated carbocycles. The Morgan fingerprint density at radius 2 is 1.91 bits per heavy atom. The molecule has 6 nitrogen and oxygen atoms in total. The lowest BCUT2D eigenvalue weighted by Crippen LogP contribution is -2.27. The van der Waals surface area contributed by atoms with E-state index in [1.54, 1.807) is 17.5 Å². The van der Waals surface area contributed by atoms with Gasteiger partial charge in [-0.05, 0) is 36.8 Å². The molecule has 166 valence electrons. The first-order valence-electron chi connectivity index (χ1n) is 10.7. The molecular formula is C24H23ClN2O4S. The number of imide groups is 1. The van der Waals surface area contributed by atoms with Crippen LogP contribution in [0.25, 0.3) is 21.3 Å². The molecule has 2 aliphatic heterocycles. The van der Waals surface area contributed by atoms with Crippen molar-refractivity contribution < 1.29 is 19.1 Å². The van der Waals surface area contributed by atoms with Crippen LogP contribution in [0.5, 0.6) is 5.75 Å². The maximum Gasteiger partial charge on any atom is 0.230 e. The summed E-state index contributed by atoms with van der Waals surface area (Å²) in [6.07, 6.45) is 4.17. The molecule has 0 spiro atoms. The fraction of sp³-hybridized carbons (Fsp3) is 0.375. The van der Waals surface area contributed by atoms with Crippen LogP contribution in [-0.2, 0) is 20.9 Å². The number of carbonyl (C=O) groups excluding carboxylic acids is 2. The van der Waals surface area contributed by atoms with E-state index in [0.29, 0.717) is 31.1 Å². The molecule has 0 atom stereocenters. The molecule has 5 rings (SSSR count). The summed E-state index contributed by atoms with van der Waals surface area (Å²) in [5, 5.41) is 0.645. The van der Waals surface area contributed by atoms with Gasteiger partial charge >= 0.3 is 0 Å². The first-order valence-corrected chi connectivity index (χ1v) is 11.9. The molecule has 8 heteroatoms. The number of pyridine rings is 1. The summed E-state index contributed by atoms with van der Waals surface area (Å²) >= 11 is 8.00. The maximum absolute atomic E-state index is 12.1. The van der Waals surface area contributed by atoms with Crippen LogP contribution in [0.1, 0.15) is 36.1 Å². The number of carbonyl (C=O) groups is 2. The molecule has 0 radical (unpaired) electrons. The number of ether oxygens (including phenoxy) is 2. The van der Waals surface area contributed by atoms with Crippen molar-refractivity contribution in [2.75, 3.05) is 13.2 Å². The van der Waals surface area contributed by atoms with Crippen LogP contribution in [0.15, 0.2) is 30.5 Å². The lowest BCUT2D eigenvalue weighted by atomic mass is 10.0. The SMILES string of the molecule is Cc1cc(Cl)cc(-c2ccnc3cc(CN4C(=O)CCC4=O)sc23)c1OC1CCOCC1. The third kappa shape index (κ3) is 4.12. The van der Waals surface area contributed by atoms with Crippen molar-refractivity contribution in [1.82, 2.24) is 9.88 Å². The number of fused-ring (bicyclic) bond motifs is 1. The summed E-state index contributed by atoms with van der Waals surface area (Å²) < 4.78 is 12.9. The fourth-order valence-electron chi connectivity index (χ4n) is 4.28. The van der Waals surface area contributed by atoms with Gasteiger partial charge in [-0.25, -0.2) is 0 Å². The van der Waals surface area contributed by atoms with Crippen LogP contribution in [0.4, 0.5) is 0 Å². The van der Waals surface area contributed by atoms with Crippen molar-refractivity contribution >= 4 is 45.0 Å². The Labute approximate surface area is 195 Å². The van der Waals surface area contributed by atoms with Gasteiger partial charge in [-0.3, -0.25) is 19.5 Å².